The highest BCUT2D eigenvalue weighted by Crippen LogP contribution is 2.28. The van der Waals surface area contributed by atoms with Gasteiger partial charge in [-0.25, -0.2) is 0 Å². The van der Waals surface area contributed by atoms with Gasteiger partial charge in [-0.05, 0) is 29.3 Å². The van der Waals surface area contributed by atoms with Crippen LogP contribution in [0.15, 0.2) is 53.4 Å². The summed E-state index contributed by atoms with van der Waals surface area (Å²) in [6, 6.07) is 16.9. The number of ether oxygens (including phenoxy) is 1. The van der Waals surface area contributed by atoms with Crippen LogP contribution in [-0.2, 0) is 4.74 Å². The topological polar surface area (TPSA) is 12.5 Å². The number of morpholine rings is 1. The van der Waals surface area contributed by atoms with E-state index in [9.17, 15) is 0 Å². The largest absolute Gasteiger partial charge is 0.378 e. The van der Waals surface area contributed by atoms with Crippen molar-refractivity contribution in [3.8, 4) is 11.1 Å². The number of thiol groups is 1. The van der Waals surface area contributed by atoms with E-state index in [0.29, 0.717) is 0 Å². The van der Waals surface area contributed by atoms with Crippen molar-refractivity contribution in [2.45, 2.75) is 4.90 Å². The van der Waals surface area contributed by atoms with E-state index < -0.39 is 0 Å². The third-order valence-electron chi connectivity index (χ3n) is 3.46. The highest BCUT2D eigenvalue weighted by Gasteiger charge is 2.11. The summed E-state index contributed by atoms with van der Waals surface area (Å²) in [6.45, 7) is 3.59. The monoisotopic (exact) mass is 271 g/mol. The Hall–Kier alpha value is -1.45. The molecule has 98 valence electrons. The molecule has 1 fully saturated rings. The van der Waals surface area contributed by atoms with E-state index >= 15 is 0 Å². The van der Waals surface area contributed by atoms with Gasteiger partial charge in [0.25, 0.3) is 0 Å². The van der Waals surface area contributed by atoms with E-state index in [4.69, 9.17) is 4.74 Å². The first-order valence-electron chi connectivity index (χ1n) is 6.56. The predicted molar refractivity (Wildman–Crippen MR) is 82.2 cm³/mol. The van der Waals surface area contributed by atoms with Crippen LogP contribution in [-0.4, -0.2) is 26.3 Å². The van der Waals surface area contributed by atoms with Crippen LogP contribution in [0.4, 0.5) is 5.69 Å². The number of anilines is 1. The Kier molecular flexibility index (Phi) is 3.76. The lowest BCUT2D eigenvalue weighted by Crippen LogP contribution is -2.36. The van der Waals surface area contributed by atoms with E-state index in [1.54, 1.807) is 0 Å². The molecule has 0 atom stereocenters. The van der Waals surface area contributed by atoms with Crippen molar-refractivity contribution >= 4 is 18.3 Å². The summed E-state index contributed by atoms with van der Waals surface area (Å²) in [6.07, 6.45) is 0. The van der Waals surface area contributed by atoms with E-state index in [1.807, 2.05) is 18.2 Å². The zero-order valence-electron chi connectivity index (χ0n) is 10.7. The van der Waals surface area contributed by atoms with Gasteiger partial charge in [-0.2, -0.15) is 0 Å². The van der Waals surface area contributed by atoms with Crippen LogP contribution in [0.5, 0.6) is 0 Å². The molecule has 1 saturated heterocycles. The van der Waals surface area contributed by atoms with Crippen molar-refractivity contribution in [3.63, 3.8) is 0 Å². The molecule has 0 aromatic heterocycles. The van der Waals surface area contributed by atoms with Crippen LogP contribution in [0.2, 0.25) is 0 Å². The van der Waals surface area contributed by atoms with Gasteiger partial charge in [0.1, 0.15) is 0 Å². The molecule has 0 bridgehead atoms. The minimum atomic E-state index is 0.821. The van der Waals surface area contributed by atoms with E-state index in [1.165, 1.54) is 16.8 Å². The molecule has 0 unspecified atom stereocenters. The van der Waals surface area contributed by atoms with Crippen LogP contribution >= 0.6 is 12.6 Å². The van der Waals surface area contributed by atoms with Crippen LogP contribution in [0, 0.1) is 0 Å². The molecule has 2 nitrogen and oxygen atoms in total. The fourth-order valence-electron chi connectivity index (χ4n) is 2.39. The minimum absolute atomic E-state index is 0.821. The van der Waals surface area contributed by atoms with Gasteiger partial charge in [0, 0.05) is 23.7 Å². The van der Waals surface area contributed by atoms with Crippen molar-refractivity contribution < 1.29 is 4.74 Å². The van der Waals surface area contributed by atoms with Gasteiger partial charge in [0.05, 0.1) is 13.2 Å². The minimum Gasteiger partial charge on any atom is -0.378 e. The normalized spacial score (nSPS) is 15.5. The van der Waals surface area contributed by atoms with Crippen molar-refractivity contribution in [2.75, 3.05) is 31.2 Å². The van der Waals surface area contributed by atoms with E-state index in [0.717, 1.165) is 31.2 Å². The standard InChI is InChI=1S/C16H17NOS/c19-16-4-2-1-3-15(16)13-5-7-14(8-6-13)17-9-11-18-12-10-17/h1-8,19H,9-12H2. The van der Waals surface area contributed by atoms with Crippen LogP contribution in [0.25, 0.3) is 11.1 Å². The summed E-state index contributed by atoms with van der Waals surface area (Å²) in [7, 11) is 0. The summed E-state index contributed by atoms with van der Waals surface area (Å²) in [5, 5.41) is 0. The summed E-state index contributed by atoms with van der Waals surface area (Å²) in [5.74, 6) is 0. The molecule has 2 aromatic rings. The Labute approximate surface area is 119 Å². The Morgan fingerprint density at radius 1 is 0.895 bits per heavy atom. The summed E-state index contributed by atoms with van der Waals surface area (Å²) in [4.78, 5) is 3.38. The quantitative estimate of drug-likeness (QED) is 0.840. The van der Waals surface area contributed by atoms with Crippen LogP contribution in [0.3, 0.4) is 0 Å². The van der Waals surface area contributed by atoms with Crippen molar-refractivity contribution in [1.82, 2.24) is 0 Å². The predicted octanol–water partition coefficient (Wildman–Crippen LogP) is 3.48. The summed E-state index contributed by atoms with van der Waals surface area (Å²) < 4.78 is 5.38. The molecule has 1 heterocycles. The molecule has 1 aliphatic heterocycles. The van der Waals surface area contributed by atoms with Crippen molar-refractivity contribution in [2.24, 2.45) is 0 Å². The number of hydrogen-bond acceptors (Lipinski definition) is 3. The summed E-state index contributed by atoms with van der Waals surface area (Å²) in [5.41, 5.74) is 3.66. The van der Waals surface area contributed by atoms with Gasteiger partial charge in [-0.3, -0.25) is 0 Å². The molecule has 0 saturated carbocycles. The van der Waals surface area contributed by atoms with Crippen molar-refractivity contribution in [3.05, 3.63) is 48.5 Å². The van der Waals surface area contributed by atoms with Gasteiger partial charge in [0.2, 0.25) is 0 Å². The molecule has 1 aliphatic rings. The van der Waals surface area contributed by atoms with E-state index in [-0.39, 0.29) is 0 Å². The van der Waals surface area contributed by atoms with Gasteiger partial charge < -0.3 is 9.64 Å². The second kappa shape index (κ2) is 5.68. The third-order valence-corrected chi connectivity index (χ3v) is 3.85. The smallest absolute Gasteiger partial charge is 0.0642 e. The number of nitrogens with zero attached hydrogens (tertiary/aromatic N) is 1. The average molecular weight is 271 g/mol. The molecular weight excluding hydrogens is 254 g/mol. The van der Waals surface area contributed by atoms with Gasteiger partial charge in [-0.15, -0.1) is 12.6 Å². The number of benzene rings is 2. The molecule has 19 heavy (non-hydrogen) atoms. The van der Waals surface area contributed by atoms with Crippen molar-refractivity contribution in [1.29, 1.82) is 0 Å². The number of rotatable bonds is 2. The highest BCUT2D eigenvalue weighted by molar-refractivity contribution is 7.80. The fourth-order valence-corrected chi connectivity index (χ4v) is 2.68. The Bertz CT molecular complexity index is 547. The molecule has 3 heteroatoms. The molecule has 0 aliphatic carbocycles. The first-order valence-corrected chi connectivity index (χ1v) is 7.00. The van der Waals surface area contributed by atoms with Gasteiger partial charge in [-0.1, -0.05) is 30.3 Å². The Morgan fingerprint density at radius 3 is 2.26 bits per heavy atom. The zero-order chi connectivity index (χ0) is 13.1. The maximum absolute atomic E-state index is 5.38. The molecule has 2 aromatic carbocycles. The highest BCUT2D eigenvalue weighted by atomic mass is 32.1. The SMILES string of the molecule is Sc1ccccc1-c1ccc(N2CCOCC2)cc1. The number of hydrogen-bond donors (Lipinski definition) is 1. The molecule has 0 radical (unpaired) electrons. The molecular formula is C16H17NOS. The molecule has 0 spiro atoms. The lowest BCUT2D eigenvalue weighted by molar-refractivity contribution is 0.122. The maximum atomic E-state index is 5.38. The molecule has 3 rings (SSSR count). The average Bonchev–Trinajstić information content (AvgIpc) is 2.49. The van der Waals surface area contributed by atoms with Crippen LogP contribution in [0.1, 0.15) is 0 Å². The first kappa shape index (κ1) is 12.6. The fraction of sp³-hybridized carbons (Fsp3) is 0.250. The molecule has 0 N–H and O–H groups in total. The lowest BCUT2D eigenvalue weighted by Gasteiger charge is -2.29. The lowest BCUT2D eigenvalue weighted by atomic mass is 10.1. The third kappa shape index (κ3) is 2.77. The first-order chi connectivity index (χ1) is 9.34. The second-order valence-electron chi connectivity index (χ2n) is 4.66. The van der Waals surface area contributed by atoms with Gasteiger partial charge >= 0.3 is 0 Å². The van der Waals surface area contributed by atoms with Crippen LogP contribution < -0.4 is 4.90 Å². The van der Waals surface area contributed by atoms with E-state index in [2.05, 4.69) is 47.9 Å². The van der Waals surface area contributed by atoms with Gasteiger partial charge in [0.15, 0.2) is 0 Å². The molecule has 0 amide bonds. The zero-order valence-corrected chi connectivity index (χ0v) is 11.6. The Balaban J connectivity index is 1.84. The second-order valence-corrected chi connectivity index (χ2v) is 5.15. The summed E-state index contributed by atoms with van der Waals surface area (Å²) >= 11 is 4.51. The Morgan fingerprint density at radius 2 is 1.58 bits per heavy atom. The maximum Gasteiger partial charge on any atom is 0.0642 e.